The molecule has 0 radical (unpaired) electrons. The Labute approximate surface area is 116 Å². The summed E-state index contributed by atoms with van der Waals surface area (Å²) in [6.45, 7) is 10.9. The van der Waals surface area contributed by atoms with E-state index < -0.39 is 0 Å². The largest absolute Gasteiger partial charge is 0.345 e. The van der Waals surface area contributed by atoms with E-state index in [1.54, 1.807) is 0 Å². The number of rotatable bonds is 3. The van der Waals surface area contributed by atoms with E-state index in [2.05, 4.69) is 33.6 Å². The highest BCUT2D eigenvalue weighted by molar-refractivity contribution is 5.79. The molecule has 3 heterocycles. The lowest BCUT2D eigenvalue weighted by Gasteiger charge is -2.15. The fourth-order valence-electron chi connectivity index (χ4n) is 2.74. The first-order valence-electron chi connectivity index (χ1n) is 7.47. The first-order valence-corrected chi connectivity index (χ1v) is 7.47. The molecule has 0 atom stereocenters. The van der Waals surface area contributed by atoms with E-state index in [0.717, 1.165) is 18.6 Å². The SMILES string of the molecule is CC.Cc1cn(CCN2CCCC2)c2cccnc12. The molecule has 1 aliphatic heterocycles. The van der Waals surface area contributed by atoms with Crippen molar-refractivity contribution < 1.29 is 0 Å². The van der Waals surface area contributed by atoms with Gasteiger partial charge in [-0.15, -0.1) is 0 Å². The van der Waals surface area contributed by atoms with Crippen molar-refractivity contribution in [2.24, 2.45) is 0 Å². The third-order valence-corrected chi connectivity index (χ3v) is 3.67. The molecule has 0 saturated carbocycles. The third-order valence-electron chi connectivity index (χ3n) is 3.67. The van der Waals surface area contributed by atoms with Crippen LogP contribution in [0.5, 0.6) is 0 Å². The molecule has 3 nitrogen and oxygen atoms in total. The highest BCUT2D eigenvalue weighted by atomic mass is 15.2. The highest BCUT2D eigenvalue weighted by Gasteiger charge is 2.12. The number of fused-ring (bicyclic) bond motifs is 1. The second-order valence-corrected chi connectivity index (χ2v) is 4.93. The maximum atomic E-state index is 4.45. The maximum Gasteiger partial charge on any atom is 0.0910 e. The molecular formula is C16H25N3. The Balaban J connectivity index is 0.000000637. The summed E-state index contributed by atoms with van der Waals surface area (Å²) in [6, 6.07) is 4.19. The van der Waals surface area contributed by atoms with Crippen LogP contribution in [0.25, 0.3) is 11.0 Å². The van der Waals surface area contributed by atoms with Crippen LogP contribution in [0.3, 0.4) is 0 Å². The van der Waals surface area contributed by atoms with Gasteiger partial charge < -0.3 is 9.47 Å². The van der Waals surface area contributed by atoms with Gasteiger partial charge in [0.25, 0.3) is 0 Å². The Kier molecular flexibility index (Phi) is 4.97. The molecule has 3 rings (SSSR count). The summed E-state index contributed by atoms with van der Waals surface area (Å²) in [6.07, 6.45) is 6.84. The van der Waals surface area contributed by atoms with Crippen LogP contribution >= 0.6 is 0 Å². The zero-order valence-electron chi connectivity index (χ0n) is 12.4. The van der Waals surface area contributed by atoms with Crippen molar-refractivity contribution in [3.05, 3.63) is 30.1 Å². The summed E-state index contributed by atoms with van der Waals surface area (Å²) in [5.74, 6) is 0. The summed E-state index contributed by atoms with van der Waals surface area (Å²) >= 11 is 0. The minimum absolute atomic E-state index is 1.08. The van der Waals surface area contributed by atoms with Crippen LogP contribution < -0.4 is 0 Å². The van der Waals surface area contributed by atoms with Gasteiger partial charge in [-0.3, -0.25) is 4.98 Å². The van der Waals surface area contributed by atoms with Gasteiger partial charge in [-0.05, 0) is 50.6 Å². The van der Waals surface area contributed by atoms with E-state index in [0.29, 0.717) is 0 Å². The van der Waals surface area contributed by atoms with Gasteiger partial charge in [0.1, 0.15) is 0 Å². The van der Waals surface area contributed by atoms with Gasteiger partial charge in [-0.2, -0.15) is 0 Å². The van der Waals surface area contributed by atoms with Crippen LogP contribution in [0.4, 0.5) is 0 Å². The summed E-state index contributed by atoms with van der Waals surface area (Å²) in [5.41, 5.74) is 3.69. The van der Waals surface area contributed by atoms with Crippen LogP contribution in [-0.2, 0) is 6.54 Å². The van der Waals surface area contributed by atoms with Crippen LogP contribution in [0, 0.1) is 6.92 Å². The van der Waals surface area contributed by atoms with Crippen LogP contribution in [0.1, 0.15) is 32.3 Å². The van der Waals surface area contributed by atoms with Crippen molar-refractivity contribution in [3.63, 3.8) is 0 Å². The highest BCUT2D eigenvalue weighted by Crippen LogP contribution is 2.18. The second-order valence-electron chi connectivity index (χ2n) is 4.93. The third kappa shape index (κ3) is 3.16. The van der Waals surface area contributed by atoms with Crippen molar-refractivity contribution in [1.82, 2.24) is 14.5 Å². The van der Waals surface area contributed by atoms with Gasteiger partial charge in [-0.25, -0.2) is 0 Å². The molecule has 104 valence electrons. The smallest absolute Gasteiger partial charge is 0.0910 e. The number of likely N-dealkylation sites (tertiary alicyclic amines) is 1. The Bertz CT molecular complexity index is 510. The standard InChI is InChI=1S/C14H19N3.C2H6/c1-12-11-17(10-9-16-7-2-3-8-16)13-5-4-6-15-14(12)13;1-2/h4-6,11H,2-3,7-10H2,1H3;1-2H3. The number of hydrogen-bond donors (Lipinski definition) is 0. The summed E-state index contributed by atoms with van der Waals surface area (Å²) in [4.78, 5) is 7.00. The molecule has 0 spiro atoms. The lowest BCUT2D eigenvalue weighted by atomic mass is 10.3. The van der Waals surface area contributed by atoms with Gasteiger partial charge >= 0.3 is 0 Å². The summed E-state index contributed by atoms with van der Waals surface area (Å²) in [7, 11) is 0. The zero-order valence-corrected chi connectivity index (χ0v) is 12.4. The Morgan fingerprint density at radius 1 is 1.16 bits per heavy atom. The first-order chi connectivity index (χ1) is 9.34. The molecule has 19 heavy (non-hydrogen) atoms. The van der Waals surface area contributed by atoms with Crippen LogP contribution in [0.15, 0.2) is 24.5 Å². The topological polar surface area (TPSA) is 21.1 Å². The second kappa shape index (κ2) is 6.71. The number of nitrogens with zero attached hydrogens (tertiary/aromatic N) is 3. The molecule has 0 aliphatic carbocycles. The Morgan fingerprint density at radius 2 is 1.89 bits per heavy atom. The number of aryl methyl sites for hydroxylation is 1. The monoisotopic (exact) mass is 259 g/mol. The van der Waals surface area contributed by atoms with Gasteiger partial charge in [0.05, 0.1) is 11.0 Å². The minimum atomic E-state index is 1.08. The average molecular weight is 259 g/mol. The minimum Gasteiger partial charge on any atom is -0.345 e. The van der Waals surface area contributed by atoms with Gasteiger partial charge in [0.2, 0.25) is 0 Å². The van der Waals surface area contributed by atoms with E-state index in [9.17, 15) is 0 Å². The van der Waals surface area contributed by atoms with Crippen molar-refractivity contribution in [2.75, 3.05) is 19.6 Å². The van der Waals surface area contributed by atoms with Crippen LogP contribution in [0.2, 0.25) is 0 Å². The molecule has 1 fully saturated rings. The van der Waals surface area contributed by atoms with Gasteiger partial charge in [-0.1, -0.05) is 13.8 Å². The lowest BCUT2D eigenvalue weighted by Crippen LogP contribution is -2.23. The molecule has 1 aliphatic rings. The van der Waals surface area contributed by atoms with E-state index in [-0.39, 0.29) is 0 Å². The summed E-state index contributed by atoms with van der Waals surface area (Å²) < 4.78 is 2.34. The van der Waals surface area contributed by atoms with Crippen molar-refractivity contribution in [3.8, 4) is 0 Å². The van der Waals surface area contributed by atoms with E-state index in [4.69, 9.17) is 0 Å². The average Bonchev–Trinajstić information content (AvgIpc) is 3.08. The molecule has 0 amide bonds. The summed E-state index contributed by atoms with van der Waals surface area (Å²) in [5, 5.41) is 0. The predicted octanol–water partition coefficient (Wildman–Crippen LogP) is 3.47. The normalized spacial score (nSPS) is 15.5. The number of aromatic nitrogens is 2. The molecule has 1 saturated heterocycles. The van der Waals surface area contributed by atoms with E-state index in [1.165, 1.54) is 37.0 Å². The zero-order chi connectivity index (χ0) is 13.7. The van der Waals surface area contributed by atoms with Crippen molar-refractivity contribution in [1.29, 1.82) is 0 Å². The molecule has 0 N–H and O–H groups in total. The molecule has 0 aromatic carbocycles. The fourth-order valence-corrected chi connectivity index (χ4v) is 2.74. The van der Waals surface area contributed by atoms with Crippen molar-refractivity contribution in [2.45, 2.75) is 40.2 Å². The molecule has 2 aromatic rings. The molecule has 0 unspecified atom stereocenters. The predicted molar refractivity (Wildman–Crippen MR) is 81.5 cm³/mol. The first kappa shape index (κ1) is 14.1. The van der Waals surface area contributed by atoms with Crippen molar-refractivity contribution >= 4 is 11.0 Å². The quantitative estimate of drug-likeness (QED) is 0.841. The van der Waals surface area contributed by atoms with E-state index in [1.807, 2.05) is 26.1 Å². The number of pyridine rings is 1. The lowest BCUT2D eigenvalue weighted by molar-refractivity contribution is 0.324. The van der Waals surface area contributed by atoms with Gasteiger partial charge in [0, 0.05) is 25.5 Å². The molecule has 2 aromatic heterocycles. The fraction of sp³-hybridized carbons (Fsp3) is 0.562. The molecule has 0 bridgehead atoms. The van der Waals surface area contributed by atoms with Crippen LogP contribution in [-0.4, -0.2) is 34.1 Å². The van der Waals surface area contributed by atoms with E-state index >= 15 is 0 Å². The molecular weight excluding hydrogens is 234 g/mol. The number of hydrogen-bond acceptors (Lipinski definition) is 2. The maximum absolute atomic E-state index is 4.45. The Hall–Kier alpha value is -1.35. The van der Waals surface area contributed by atoms with Gasteiger partial charge in [0.15, 0.2) is 0 Å². The Morgan fingerprint density at radius 3 is 2.63 bits per heavy atom. The molecule has 3 heteroatoms.